The van der Waals surface area contributed by atoms with Gasteiger partial charge in [0.1, 0.15) is 17.5 Å². The molecule has 8 heteroatoms. The number of hydrogen-bond donors (Lipinski definition) is 0. The van der Waals surface area contributed by atoms with Gasteiger partial charge in [0.05, 0.1) is 0 Å². The lowest BCUT2D eigenvalue weighted by Crippen LogP contribution is -2.34. The summed E-state index contributed by atoms with van der Waals surface area (Å²) in [4.78, 5) is 22.9. The third-order valence-corrected chi connectivity index (χ3v) is 5.03. The molecule has 0 aliphatic carbocycles. The van der Waals surface area contributed by atoms with Gasteiger partial charge >= 0.3 is 0 Å². The Morgan fingerprint density at radius 1 is 1.19 bits per heavy atom. The van der Waals surface area contributed by atoms with Crippen molar-refractivity contribution in [2.75, 3.05) is 13.1 Å². The highest BCUT2D eigenvalue weighted by Crippen LogP contribution is 2.14. The number of rotatable bonds is 5. The van der Waals surface area contributed by atoms with Gasteiger partial charge < -0.3 is 14.0 Å². The molecular weight excluding hydrogens is 342 g/mol. The molecular formula is C19H23N7O. The predicted molar refractivity (Wildman–Crippen MR) is 98.9 cm³/mol. The van der Waals surface area contributed by atoms with Crippen LogP contribution in [0.25, 0.3) is 0 Å². The normalized spacial score (nSPS) is 14.0. The first-order valence-corrected chi connectivity index (χ1v) is 9.26. The van der Waals surface area contributed by atoms with Gasteiger partial charge in [-0.05, 0) is 18.6 Å². The van der Waals surface area contributed by atoms with Crippen LogP contribution in [0, 0.1) is 6.92 Å². The predicted octanol–water partition coefficient (Wildman–Crippen LogP) is 1.24. The standard InChI is InChI=1S/C19H23N7O/c1-15-21-7-10-24(15)9-5-19(27)25-8-4-17-22-23-18(26(17)12-11-25)13-16-3-2-6-20-14-16/h2-3,6-7,10,14H,4-5,8-9,11-13H2,1H3. The average molecular weight is 365 g/mol. The number of fused-ring (bicyclic) bond motifs is 1. The van der Waals surface area contributed by atoms with Crippen LogP contribution in [-0.2, 0) is 30.7 Å². The molecule has 3 aromatic rings. The van der Waals surface area contributed by atoms with Gasteiger partial charge in [0.25, 0.3) is 0 Å². The van der Waals surface area contributed by atoms with Crippen LogP contribution in [0.4, 0.5) is 0 Å². The number of pyridine rings is 1. The van der Waals surface area contributed by atoms with E-state index in [0.29, 0.717) is 32.5 Å². The second kappa shape index (κ2) is 7.69. The van der Waals surface area contributed by atoms with Crippen LogP contribution in [-0.4, -0.2) is 53.2 Å². The molecule has 0 saturated heterocycles. The van der Waals surface area contributed by atoms with Crippen molar-refractivity contribution in [1.29, 1.82) is 0 Å². The van der Waals surface area contributed by atoms with Crippen LogP contribution in [0.15, 0.2) is 36.9 Å². The number of aryl methyl sites for hydroxylation is 2. The molecule has 1 amide bonds. The number of nitrogens with zero attached hydrogens (tertiary/aromatic N) is 7. The monoisotopic (exact) mass is 365 g/mol. The van der Waals surface area contributed by atoms with E-state index in [0.717, 1.165) is 36.0 Å². The topological polar surface area (TPSA) is 81.7 Å². The molecule has 0 spiro atoms. The van der Waals surface area contributed by atoms with Crippen LogP contribution in [0.1, 0.15) is 29.5 Å². The molecule has 4 rings (SSSR count). The zero-order chi connectivity index (χ0) is 18.6. The quantitative estimate of drug-likeness (QED) is 0.680. The Morgan fingerprint density at radius 2 is 2.11 bits per heavy atom. The summed E-state index contributed by atoms with van der Waals surface area (Å²) in [6.07, 6.45) is 9.22. The summed E-state index contributed by atoms with van der Waals surface area (Å²) in [5, 5.41) is 8.70. The molecule has 0 atom stereocenters. The minimum absolute atomic E-state index is 0.177. The van der Waals surface area contributed by atoms with Crippen LogP contribution >= 0.6 is 0 Å². The minimum atomic E-state index is 0.177. The van der Waals surface area contributed by atoms with Crippen LogP contribution in [0.5, 0.6) is 0 Å². The molecule has 0 N–H and O–H groups in total. The molecule has 0 bridgehead atoms. The van der Waals surface area contributed by atoms with E-state index in [-0.39, 0.29) is 5.91 Å². The lowest BCUT2D eigenvalue weighted by molar-refractivity contribution is -0.131. The Bertz CT molecular complexity index is 915. The zero-order valence-electron chi connectivity index (χ0n) is 15.5. The maximum atomic E-state index is 12.6. The average Bonchev–Trinajstić information content (AvgIpc) is 3.19. The van der Waals surface area contributed by atoms with E-state index < -0.39 is 0 Å². The van der Waals surface area contributed by atoms with Gasteiger partial charge in [-0.15, -0.1) is 10.2 Å². The van der Waals surface area contributed by atoms with Gasteiger partial charge in [-0.1, -0.05) is 6.07 Å². The van der Waals surface area contributed by atoms with E-state index in [1.54, 1.807) is 12.4 Å². The summed E-state index contributed by atoms with van der Waals surface area (Å²) in [5.74, 6) is 3.00. The maximum Gasteiger partial charge on any atom is 0.224 e. The molecule has 4 heterocycles. The van der Waals surface area contributed by atoms with Crippen molar-refractivity contribution < 1.29 is 4.79 Å². The van der Waals surface area contributed by atoms with Gasteiger partial charge in [-0.25, -0.2) is 4.98 Å². The summed E-state index contributed by atoms with van der Waals surface area (Å²) in [6, 6.07) is 3.97. The molecule has 27 heavy (non-hydrogen) atoms. The fraction of sp³-hybridized carbons (Fsp3) is 0.421. The summed E-state index contributed by atoms with van der Waals surface area (Å²) in [6.45, 7) is 4.72. The van der Waals surface area contributed by atoms with Crippen molar-refractivity contribution in [2.24, 2.45) is 0 Å². The van der Waals surface area contributed by atoms with Crippen molar-refractivity contribution in [2.45, 2.75) is 39.3 Å². The highest BCUT2D eigenvalue weighted by atomic mass is 16.2. The van der Waals surface area contributed by atoms with E-state index >= 15 is 0 Å². The van der Waals surface area contributed by atoms with Crippen molar-refractivity contribution in [3.05, 3.63) is 60.0 Å². The second-order valence-corrected chi connectivity index (χ2v) is 6.77. The first-order valence-electron chi connectivity index (χ1n) is 9.26. The van der Waals surface area contributed by atoms with Crippen LogP contribution in [0.3, 0.4) is 0 Å². The van der Waals surface area contributed by atoms with E-state index in [4.69, 9.17) is 0 Å². The largest absolute Gasteiger partial charge is 0.340 e. The highest BCUT2D eigenvalue weighted by molar-refractivity contribution is 5.76. The molecule has 1 aliphatic heterocycles. The first kappa shape index (κ1) is 17.4. The van der Waals surface area contributed by atoms with Gasteiger partial charge in [0.15, 0.2) is 0 Å². The summed E-state index contributed by atoms with van der Waals surface area (Å²) in [5.41, 5.74) is 1.11. The summed E-state index contributed by atoms with van der Waals surface area (Å²) < 4.78 is 4.16. The highest BCUT2D eigenvalue weighted by Gasteiger charge is 2.21. The molecule has 1 aliphatic rings. The first-order chi connectivity index (χ1) is 13.2. The zero-order valence-corrected chi connectivity index (χ0v) is 15.5. The number of hydrogen-bond acceptors (Lipinski definition) is 5. The molecule has 0 saturated carbocycles. The fourth-order valence-corrected chi connectivity index (χ4v) is 3.46. The van der Waals surface area contributed by atoms with Gasteiger partial charge in [-0.3, -0.25) is 9.78 Å². The van der Waals surface area contributed by atoms with Crippen molar-refractivity contribution in [1.82, 2.24) is 34.2 Å². The molecule has 0 unspecified atom stereocenters. The summed E-state index contributed by atoms with van der Waals surface area (Å²) in [7, 11) is 0. The van der Waals surface area contributed by atoms with Gasteiger partial charge in [0.2, 0.25) is 5.91 Å². The third-order valence-electron chi connectivity index (χ3n) is 5.03. The Morgan fingerprint density at radius 3 is 2.89 bits per heavy atom. The van der Waals surface area contributed by atoms with Crippen molar-refractivity contribution in [3.8, 4) is 0 Å². The van der Waals surface area contributed by atoms with Gasteiger partial charge in [-0.2, -0.15) is 0 Å². The van der Waals surface area contributed by atoms with Gasteiger partial charge in [0, 0.05) is 70.2 Å². The number of imidazole rings is 1. The number of carbonyl (C=O) groups excluding carboxylic acids is 1. The van der Waals surface area contributed by atoms with E-state index in [1.165, 1.54) is 0 Å². The molecule has 0 aromatic carbocycles. The molecule has 0 fully saturated rings. The molecule has 3 aromatic heterocycles. The molecule has 140 valence electrons. The Balaban J connectivity index is 1.38. The third kappa shape index (κ3) is 3.89. The summed E-state index contributed by atoms with van der Waals surface area (Å²) >= 11 is 0. The lowest BCUT2D eigenvalue weighted by atomic mass is 10.2. The smallest absolute Gasteiger partial charge is 0.224 e. The lowest BCUT2D eigenvalue weighted by Gasteiger charge is -2.20. The SMILES string of the molecule is Cc1nccn1CCC(=O)N1CCc2nnc(Cc3cccnc3)n2CC1. The van der Waals surface area contributed by atoms with E-state index in [9.17, 15) is 4.79 Å². The van der Waals surface area contributed by atoms with Crippen LogP contribution in [0.2, 0.25) is 0 Å². The van der Waals surface area contributed by atoms with E-state index in [1.807, 2.05) is 40.9 Å². The Hall–Kier alpha value is -3.03. The van der Waals surface area contributed by atoms with Crippen molar-refractivity contribution in [3.63, 3.8) is 0 Å². The minimum Gasteiger partial charge on any atom is -0.340 e. The maximum absolute atomic E-state index is 12.6. The second-order valence-electron chi connectivity index (χ2n) is 6.77. The number of amides is 1. The van der Waals surface area contributed by atoms with Crippen LogP contribution < -0.4 is 0 Å². The van der Waals surface area contributed by atoms with E-state index in [2.05, 4.69) is 24.7 Å². The molecule has 0 radical (unpaired) electrons. The fourth-order valence-electron chi connectivity index (χ4n) is 3.46. The number of carbonyl (C=O) groups is 1. The Kier molecular flexibility index (Phi) is 4.95. The molecule has 8 nitrogen and oxygen atoms in total. The number of aromatic nitrogens is 6. The Labute approximate surface area is 157 Å². The van der Waals surface area contributed by atoms with Crippen molar-refractivity contribution >= 4 is 5.91 Å².